The van der Waals surface area contributed by atoms with Crippen LogP contribution in [0.15, 0.2) is 46.9 Å². The third-order valence-electron chi connectivity index (χ3n) is 4.23. The van der Waals surface area contributed by atoms with Crippen molar-refractivity contribution in [3.05, 3.63) is 58.1 Å². The summed E-state index contributed by atoms with van der Waals surface area (Å²) in [6, 6.07) is 13.2. The largest absolute Gasteiger partial charge is 0.497 e. The summed E-state index contributed by atoms with van der Waals surface area (Å²) in [6.45, 7) is 1.57. The van der Waals surface area contributed by atoms with Crippen LogP contribution in [0.25, 0.3) is 0 Å². The molecule has 1 saturated heterocycles. The van der Waals surface area contributed by atoms with E-state index >= 15 is 0 Å². The molecular weight excluding hydrogens is 386 g/mol. The predicted molar refractivity (Wildman–Crippen MR) is 98.3 cm³/mol. The Balaban J connectivity index is 1.79. The van der Waals surface area contributed by atoms with Crippen molar-refractivity contribution in [2.24, 2.45) is 0 Å². The second-order valence-corrected chi connectivity index (χ2v) is 6.64. The van der Waals surface area contributed by atoms with Crippen LogP contribution >= 0.6 is 15.9 Å². The first kappa shape index (κ1) is 17.8. The Bertz CT molecular complexity index is 748. The number of rotatable bonds is 4. The van der Waals surface area contributed by atoms with E-state index in [9.17, 15) is 4.79 Å². The van der Waals surface area contributed by atoms with E-state index in [0.29, 0.717) is 36.8 Å². The van der Waals surface area contributed by atoms with Gasteiger partial charge < -0.3 is 19.1 Å². The molecule has 5 nitrogen and oxygen atoms in total. The summed E-state index contributed by atoms with van der Waals surface area (Å²) in [4.78, 5) is 14.8. The van der Waals surface area contributed by atoms with Crippen LogP contribution in [0.1, 0.15) is 22.0 Å². The van der Waals surface area contributed by atoms with E-state index in [0.717, 1.165) is 10.0 Å². The first-order valence-corrected chi connectivity index (χ1v) is 8.80. The number of methoxy groups -OCH3 is 2. The van der Waals surface area contributed by atoms with Gasteiger partial charge in [-0.25, -0.2) is 0 Å². The highest BCUT2D eigenvalue weighted by Gasteiger charge is 2.27. The first-order valence-electron chi connectivity index (χ1n) is 8.00. The van der Waals surface area contributed by atoms with E-state index in [4.69, 9.17) is 14.2 Å². The summed E-state index contributed by atoms with van der Waals surface area (Å²) < 4.78 is 17.4. The number of carbonyl (C=O) groups excluding carboxylic acids is 1. The molecule has 0 radical (unpaired) electrons. The van der Waals surface area contributed by atoms with Crippen LogP contribution in [0.4, 0.5) is 0 Å². The Morgan fingerprint density at radius 2 is 1.92 bits per heavy atom. The molecule has 1 heterocycles. The van der Waals surface area contributed by atoms with Gasteiger partial charge in [0, 0.05) is 17.1 Å². The maximum atomic E-state index is 13.0. The second-order valence-electron chi connectivity index (χ2n) is 5.73. The summed E-state index contributed by atoms with van der Waals surface area (Å²) in [5.41, 5.74) is 1.59. The molecular formula is C19H20BrNO4. The van der Waals surface area contributed by atoms with Gasteiger partial charge in [0.1, 0.15) is 17.6 Å². The first-order chi connectivity index (χ1) is 12.1. The molecule has 1 fully saturated rings. The number of amides is 1. The van der Waals surface area contributed by atoms with E-state index in [2.05, 4.69) is 15.9 Å². The van der Waals surface area contributed by atoms with Crippen molar-refractivity contribution in [2.75, 3.05) is 33.9 Å². The molecule has 0 N–H and O–H groups in total. The Morgan fingerprint density at radius 1 is 1.16 bits per heavy atom. The number of nitrogens with zero attached hydrogens (tertiary/aromatic N) is 1. The van der Waals surface area contributed by atoms with E-state index in [1.165, 1.54) is 0 Å². The van der Waals surface area contributed by atoms with Crippen LogP contribution in [0.2, 0.25) is 0 Å². The minimum atomic E-state index is -0.130. The fraction of sp³-hybridized carbons (Fsp3) is 0.316. The molecule has 0 spiro atoms. The molecule has 0 saturated carbocycles. The number of hydrogen-bond donors (Lipinski definition) is 0. The molecule has 2 aromatic carbocycles. The number of halogens is 1. The molecule has 0 aromatic heterocycles. The second kappa shape index (κ2) is 7.89. The van der Waals surface area contributed by atoms with Crippen molar-refractivity contribution >= 4 is 21.8 Å². The Labute approximate surface area is 155 Å². The van der Waals surface area contributed by atoms with Crippen molar-refractivity contribution < 1.29 is 19.0 Å². The lowest BCUT2D eigenvalue weighted by atomic mass is 10.1. The zero-order valence-corrected chi connectivity index (χ0v) is 15.8. The van der Waals surface area contributed by atoms with E-state index < -0.39 is 0 Å². The van der Waals surface area contributed by atoms with E-state index in [-0.39, 0.29) is 12.0 Å². The van der Waals surface area contributed by atoms with Crippen LogP contribution in [0, 0.1) is 0 Å². The number of morpholine rings is 1. The van der Waals surface area contributed by atoms with Crippen LogP contribution in [-0.4, -0.2) is 44.7 Å². The highest BCUT2D eigenvalue weighted by molar-refractivity contribution is 9.10. The lowest BCUT2D eigenvalue weighted by Gasteiger charge is -2.33. The van der Waals surface area contributed by atoms with Crippen molar-refractivity contribution in [2.45, 2.75) is 6.10 Å². The summed E-state index contributed by atoms with van der Waals surface area (Å²) in [7, 11) is 3.14. The summed E-state index contributed by atoms with van der Waals surface area (Å²) in [6.07, 6.45) is -0.130. The van der Waals surface area contributed by atoms with Gasteiger partial charge in [-0.3, -0.25) is 4.79 Å². The van der Waals surface area contributed by atoms with Gasteiger partial charge in [-0.1, -0.05) is 28.1 Å². The highest BCUT2D eigenvalue weighted by atomic mass is 79.9. The fourth-order valence-corrected chi connectivity index (χ4v) is 3.12. The minimum absolute atomic E-state index is 0.0649. The summed E-state index contributed by atoms with van der Waals surface area (Å²) in [5.74, 6) is 1.10. The number of ether oxygens (including phenoxy) is 3. The lowest BCUT2D eigenvalue weighted by Crippen LogP contribution is -2.42. The Morgan fingerprint density at radius 3 is 2.60 bits per heavy atom. The zero-order valence-electron chi connectivity index (χ0n) is 14.2. The lowest BCUT2D eigenvalue weighted by molar-refractivity contribution is -0.0229. The van der Waals surface area contributed by atoms with Crippen LogP contribution in [0.3, 0.4) is 0 Å². The van der Waals surface area contributed by atoms with Crippen LogP contribution in [0.5, 0.6) is 11.5 Å². The SMILES string of the molecule is COc1ccc(C(=O)N2CCOC(c3ccc(Br)cc3)C2)c(OC)c1. The third kappa shape index (κ3) is 3.96. The standard InChI is InChI=1S/C19H20BrNO4/c1-23-15-7-8-16(17(11-15)24-2)19(22)21-9-10-25-18(12-21)13-3-5-14(20)6-4-13/h3-8,11,18H,9-10,12H2,1-2H3. The predicted octanol–water partition coefficient (Wildman–Crippen LogP) is 3.68. The topological polar surface area (TPSA) is 48.0 Å². The summed E-state index contributed by atoms with van der Waals surface area (Å²) in [5, 5.41) is 0. The van der Waals surface area contributed by atoms with Crippen molar-refractivity contribution in [1.82, 2.24) is 4.90 Å². The van der Waals surface area contributed by atoms with Gasteiger partial charge in [-0.05, 0) is 29.8 Å². The van der Waals surface area contributed by atoms with Gasteiger partial charge in [0.2, 0.25) is 0 Å². The number of carbonyl (C=O) groups is 1. The zero-order chi connectivity index (χ0) is 17.8. The normalized spacial score (nSPS) is 17.2. The average Bonchev–Trinajstić information content (AvgIpc) is 2.67. The quantitative estimate of drug-likeness (QED) is 0.778. The maximum absolute atomic E-state index is 13.0. The number of hydrogen-bond acceptors (Lipinski definition) is 4. The van der Waals surface area contributed by atoms with Crippen molar-refractivity contribution in [3.63, 3.8) is 0 Å². The molecule has 0 bridgehead atoms. The van der Waals surface area contributed by atoms with Gasteiger partial charge in [0.05, 0.1) is 32.9 Å². The maximum Gasteiger partial charge on any atom is 0.257 e. The van der Waals surface area contributed by atoms with Gasteiger partial charge in [0.15, 0.2) is 0 Å². The van der Waals surface area contributed by atoms with E-state index in [1.54, 1.807) is 37.3 Å². The van der Waals surface area contributed by atoms with Gasteiger partial charge in [-0.2, -0.15) is 0 Å². The molecule has 132 valence electrons. The highest BCUT2D eigenvalue weighted by Crippen LogP contribution is 2.29. The molecule has 1 amide bonds. The van der Waals surface area contributed by atoms with Crippen molar-refractivity contribution in [3.8, 4) is 11.5 Å². The molecule has 0 aliphatic carbocycles. The Hall–Kier alpha value is -2.05. The summed E-state index contributed by atoms with van der Waals surface area (Å²) >= 11 is 3.43. The molecule has 1 atom stereocenters. The molecule has 2 aromatic rings. The fourth-order valence-electron chi connectivity index (χ4n) is 2.86. The minimum Gasteiger partial charge on any atom is -0.497 e. The molecule has 6 heteroatoms. The monoisotopic (exact) mass is 405 g/mol. The molecule has 1 aliphatic rings. The molecule has 1 unspecified atom stereocenters. The molecule has 1 aliphatic heterocycles. The van der Waals surface area contributed by atoms with E-state index in [1.807, 2.05) is 24.3 Å². The number of benzene rings is 2. The van der Waals surface area contributed by atoms with Crippen LogP contribution < -0.4 is 9.47 Å². The van der Waals surface area contributed by atoms with Crippen LogP contribution in [-0.2, 0) is 4.74 Å². The van der Waals surface area contributed by atoms with Crippen molar-refractivity contribution in [1.29, 1.82) is 0 Å². The third-order valence-corrected chi connectivity index (χ3v) is 4.76. The van der Waals surface area contributed by atoms with Gasteiger partial charge in [-0.15, -0.1) is 0 Å². The average molecular weight is 406 g/mol. The molecule has 25 heavy (non-hydrogen) atoms. The Kier molecular flexibility index (Phi) is 5.60. The smallest absolute Gasteiger partial charge is 0.257 e. The van der Waals surface area contributed by atoms with Gasteiger partial charge in [0.25, 0.3) is 5.91 Å². The van der Waals surface area contributed by atoms with Gasteiger partial charge >= 0.3 is 0 Å². The molecule has 3 rings (SSSR count).